The summed E-state index contributed by atoms with van der Waals surface area (Å²) in [6.07, 6.45) is 3.57. The number of rotatable bonds is 2. The Balaban J connectivity index is 1.50. The van der Waals surface area contributed by atoms with Crippen molar-refractivity contribution in [3.05, 3.63) is 30.2 Å². The Labute approximate surface area is 146 Å². The topological polar surface area (TPSA) is 66.7 Å². The Morgan fingerprint density at radius 3 is 2.76 bits per heavy atom. The molecule has 132 valence electrons. The van der Waals surface area contributed by atoms with Crippen LogP contribution in [0.2, 0.25) is 0 Å². The van der Waals surface area contributed by atoms with Gasteiger partial charge in [0.15, 0.2) is 11.5 Å². The van der Waals surface area contributed by atoms with Crippen LogP contribution in [0, 0.1) is 0 Å². The van der Waals surface area contributed by atoms with Gasteiger partial charge in [-0.3, -0.25) is 9.59 Å². The third-order valence-electron chi connectivity index (χ3n) is 5.34. The number of benzene rings is 1. The molecular weight excluding hydrogens is 318 g/mol. The van der Waals surface area contributed by atoms with Crippen LogP contribution in [-0.4, -0.2) is 52.3 Å². The Morgan fingerprint density at radius 1 is 1.16 bits per heavy atom. The number of oxazole rings is 1. The van der Waals surface area contributed by atoms with Crippen molar-refractivity contribution < 1.29 is 14.0 Å². The Kier molecular flexibility index (Phi) is 4.19. The molecule has 2 saturated heterocycles. The van der Waals surface area contributed by atoms with E-state index in [4.69, 9.17) is 4.42 Å². The smallest absolute Gasteiger partial charge is 0.245 e. The first-order chi connectivity index (χ1) is 12.1. The molecule has 6 heteroatoms. The number of hydrogen-bond donors (Lipinski definition) is 0. The van der Waals surface area contributed by atoms with Crippen LogP contribution in [0.25, 0.3) is 11.1 Å². The zero-order valence-electron chi connectivity index (χ0n) is 14.5. The number of likely N-dealkylation sites (tertiary alicyclic amines) is 2. The van der Waals surface area contributed by atoms with Gasteiger partial charge in [-0.15, -0.1) is 0 Å². The monoisotopic (exact) mass is 341 g/mol. The van der Waals surface area contributed by atoms with Gasteiger partial charge in [-0.25, -0.2) is 4.98 Å². The summed E-state index contributed by atoms with van der Waals surface area (Å²) in [5.74, 6) is 0.905. The molecule has 25 heavy (non-hydrogen) atoms. The summed E-state index contributed by atoms with van der Waals surface area (Å²) >= 11 is 0. The van der Waals surface area contributed by atoms with Crippen LogP contribution in [0.15, 0.2) is 28.7 Å². The van der Waals surface area contributed by atoms with E-state index in [0.29, 0.717) is 19.0 Å². The van der Waals surface area contributed by atoms with Crippen LogP contribution >= 0.6 is 0 Å². The van der Waals surface area contributed by atoms with Crippen molar-refractivity contribution in [1.82, 2.24) is 14.8 Å². The van der Waals surface area contributed by atoms with E-state index in [9.17, 15) is 9.59 Å². The maximum Gasteiger partial charge on any atom is 0.245 e. The largest absolute Gasteiger partial charge is 0.440 e. The molecule has 2 aromatic rings. The third kappa shape index (κ3) is 3.01. The lowest BCUT2D eigenvalue weighted by atomic mass is 9.97. The van der Waals surface area contributed by atoms with Gasteiger partial charge in [-0.05, 0) is 37.8 Å². The summed E-state index contributed by atoms with van der Waals surface area (Å²) in [4.78, 5) is 32.9. The molecule has 0 radical (unpaired) electrons. The average Bonchev–Trinajstić information content (AvgIpc) is 3.28. The van der Waals surface area contributed by atoms with E-state index in [0.717, 1.165) is 43.3 Å². The molecule has 0 spiro atoms. The van der Waals surface area contributed by atoms with Gasteiger partial charge in [-0.1, -0.05) is 12.1 Å². The first-order valence-corrected chi connectivity index (χ1v) is 9.05. The lowest BCUT2D eigenvalue weighted by molar-refractivity contribution is -0.143. The first-order valence-electron chi connectivity index (χ1n) is 9.05. The predicted molar refractivity (Wildman–Crippen MR) is 93.0 cm³/mol. The van der Waals surface area contributed by atoms with Crippen molar-refractivity contribution in [2.75, 3.05) is 19.6 Å². The van der Waals surface area contributed by atoms with Gasteiger partial charge in [0.25, 0.3) is 0 Å². The molecular formula is C19H23N3O3. The van der Waals surface area contributed by atoms with Gasteiger partial charge >= 0.3 is 0 Å². The van der Waals surface area contributed by atoms with Crippen molar-refractivity contribution in [3.63, 3.8) is 0 Å². The summed E-state index contributed by atoms with van der Waals surface area (Å²) in [6, 6.07) is 7.45. The zero-order valence-corrected chi connectivity index (χ0v) is 14.5. The van der Waals surface area contributed by atoms with Gasteiger partial charge in [0.2, 0.25) is 11.8 Å². The molecule has 1 aromatic carbocycles. The summed E-state index contributed by atoms with van der Waals surface area (Å²) in [5.41, 5.74) is 1.65. The minimum Gasteiger partial charge on any atom is -0.440 e. The quantitative estimate of drug-likeness (QED) is 0.842. The highest BCUT2D eigenvalue weighted by molar-refractivity contribution is 5.87. The molecule has 2 aliphatic heterocycles. The highest BCUT2D eigenvalue weighted by atomic mass is 16.3. The fraction of sp³-hybridized carbons (Fsp3) is 0.526. The molecule has 0 N–H and O–H groups in total. The molecule has 0 saturated carbocycles. The van der Waals surface area contributed by atoms with E-state index in [2.05, 4.69) is 4.98 Å². The van der Waals surface area contributed by atoms with Crippen LogP contribution in [-0.2, 0) is 9.59 Å². The van der Waals surface area contributed by atoms with Gasteiger partial charge in [0.05, 0.1) is 5.92 Å². The Hall–Kier alpha value is -2.37. The molecule has 3 heterocycles. The normalized spacial score (nSPS) is 24.0. The third-order valence-corrected chi connectivity index (χ3v) is 5.34. The van der Waals surface area contributed by atoms with Gasteiger partial charge in [-0.2, -0.15) is 0 Å². The predicted octanol–water partition coefficient (Wildman–Crippen LogP) is 2.54. The molecule has 2 atom stereocenters. The number of amides is 2. The van der Waals surface area contributed by atoms with Crippen LogP contribution < -0.4 is 0 Å². The molecule has 1 aromatic heterocycles. The summed E-state index contributed by atoms with van der Waals surface area (Å²) < 4.78 is 5.91. The number of para-hydroxylation sites is 2. The summed E-state index contributed by atoms with van der Waals surface area (Å²) in [5, 5.41) is 0. The zero-order chi connectivity index (χ0) is 17.4. The van der Waals surface area contributed by atoms with E-state index in [1.165, 1.54) is 0 Å². The molecule has 2 amide bonds. The Morgan fingerprint density at radius 2 is 1.96 bits per heavy atom. The number of aromatic nitrogens is 1. The number of fused-ring (bicyclic) bond motifs is 1. The van der Waals surface area contributed by atoms with Gasteiger partial charge in [0.1, 0.15) is 11.6 Å². The number of carbonyl (C=O) groups excluding carboxylic acids is 2. The SMILES string of the molecule is CC(=O)N1CCC[C@H]1C(=O)N1CCC[C@H](c2nc3ccccc3o2)C1. The van der Waals surface area contributed by atoms with Gasteiger partial charge in [0, 0.05) is 26.6 Å². The number of carbonyl (C=O) groups is 2. The van der Waals surface area contributed by atoms with Crippen molar-refractivity contribution >= 4 is 22.9 Å². The molecule has 0 aliphatic carbocycles. The van der Waals surface area contributed by atoms with E-state index in [1.807, 2.05) is 29.2 Å². The molecule has 0 bridgehead atoms. The second-order valence-electron chi connectivity index (χ2n) is 7.01. The maximum absolute atomic E-state index is 12.9. The summed E-state index contributed by atoms with van der Waals surface area (Å²) in [6.45, 7) is 3.60. The maximum atomic E-state index is 12.9. The standard InChI is InChI=1S/C19H23N3O3/c1-13(23)22-11-5-8-16(22)19(24)21-10-4-6-14(12-21)18-20-15-7-2-3-9-17(15)25-18/h2-3,7,9,14,16H,4-6,8,10-12H2,1H3/t14-,16-/m0/s1. The highest BCUT2D eigenvalue weighted by Gasteiger charge is 2.37. The van der Waals surface area contributed by atoms with Crippen LogP contribution in [0.5, 0.6) is 0 Å². The molecule has 2 fully saturated rings. The number of hydrogen-bond acceptors (Lipinski definition) is 4. The molecule has 4 rings (SSSR count). The summed E-state index contributed by atoms with van der Waals surface area (Å²) in [7, 11) is 0. The second kappa shape index (κ2) is 6.50. The van der Waals surface area contributed by atoms with E-state index in [1.54, 1.807) is 11.8 Å². The van der Waals surface area contributed by atoms with Crippen molar-refractivity contribution in [2.45, 2.75) is 44.6 Å². The highest BCUT2D eigenvalue weighted by Crippen LogP contribution is 2.30. The fourth-order valence-corrected chi connectivity index (χ4v) is 4.05. The minimum absolute atomic E-state index is 0.0108. The van der Waals surface area contributed by atoms with Crippen molar-refractivity contribution in [1.29, 1.82) is 0 Å². The van der Waals surface area contributed by atoms with E-state index < -0.39 is 0 Å². The van der Waals surface area contributed by atoms with E-state index >= 15 is 0 Å². The second-order valence-corrected chi connectivity index (χ2v) is 7.01. The lowest BCUT2D eigenvalue weighted by Gasteiger charge is -2.35. The average molecular weight is 341 g/mol. The fourth-order valence-electron chi connectivity index (χ4n) is 4.05. The van der Waals surface area contributed by atoms with Crippen LogP contribution in [0.3, 0.4) is 0 Å². The van der Waals surface area contributed by atoms with E-state index in [-0.39, 0.29) is 23.8 Å². The lowest BCUT2D eigenvalue weighted by Crippen LogP contribution is -2.49. The van der Waals surface area contributed by atoms with Crippen molar-refractivity contribution in [2.24, 2.45) is 0 Å². The van der Waals surface area contributed by atoms with Crippen LogP contribution in [0.4, 0.5) is 0 Å². The number of piperidine rings is 1. The minimum atomic E-state index is -0.292. The van der Waals surface area contributed by atoms with Crippen LogP contribution in [0.1, 0.15) is 44.4 Å². The molecule has 6 nitrogen and oxygen atoms in total. The van der Waals surface area contributed by atoms with Gasteiger partial charge < -0.3 is 14.2 Å². The van der Waals surface area contributed by atoms with Crippen molar-refractivity contribution in [3.8, 4) is 0 Å². The molecule has 2 aliphatic rings. The number of nitrogens with zero attached hydrogens (tertiary/aromatic N) is 3. The molecule has 0 unspecified atom stereocenters. The first kappa shape index (κ1) is 16.1. The Bertz CT molecular complexity index is 767.